The van der Waals surface area contributed by atoms with E-state index in [1.165, 1.54) is 0 Å². The van der Waals surface area contributed by atoms with Crippen LogP contribution in [0, 0.1) is 5.41 Å². The SMILES string of the molecule is N=C(OO)SC(=Nc1ccccc1)Nc1ccccc1. The lowest BCUT2D eigenvalue weighted by Gasteiger charge is -2.08. The molecule has 0 aromatic heterocycles. The van der Waals surface area contributed by atoms with Crippen LogP contribution in [0.3, 0.4) is 0 Å². The molecule has 0 spiro atoms. The first kappa shape index (κ1) is 14.1. The van der Waals surface area contributed by atoms with Crippen molar-refractivity contribution >= 4 is 33.5 Å². The second-order valence-electron chi connectivity index (χ2n) is 3.72. The van der Waals surface area contributed by atoms with E-state index in [9.17, 15) is 0 Å². The number of hydrogen-bond donors (Lipinski definition) is 3. The predicted octanol–water partition coefficient (Wildman–Crippen LogP) is 3.94. The molecule has 0 bridgehead atoms. The van der Waals surface area contributed by atoms with E-state index in [4.69, 9.17) is 10.7 Å². The van der Waals surface area contributed by atoms with Crippen molar-refractivity contribution in [3.8, 4) is 0 Å². The van der Waals surface area contributed by atoms with Gasteiger partial charge in [-0.1, -0.05) is 36.4 Å². The molecule has 0 amide bonds. The molecule has 0 aliphatic rings. The van der Waals surface area contributed by atoms with Crippen LogP contribution in [0.4, 0.5) is 11.4 Å². The van der Waals surface area contributed by atoms with Gasteiger partial charge in [-0.15, -0.1) is 0 Å². The first-order valence-corrected chi connectivity index (χ1v) is 6.63. The third kappa shape index (κ3) is 4.42. The van der Waals surface area contributed by atoms with Crippen LogP contribution >= 0.6 is 11.8 Å². The molecule has 6 heteroatoms. The highest BCUT2D eigenvalue weighted by molar-refractivity contribution is 8.26. The summed E-state index contributed by atoms with van der Waals surface area (Å²) in [4.78, 5) is 8.26. The van der Waals surface area contributed by atoms with Gasteiger partial charge in [0.15, 0.2) is 5.17 Å². The van der Waals surface area contributed by atoms with E-state index in [-0.39, 0.29) is 5.23 Å². The molecule has 2 aromatic rings. The van der Waals surface area contributed by atoms with Gasteiger partial charge in [-0.25, -0.2) is 10.2 Å². The molecular weight excluding hydrogens is 274 g/mol. The summed E-state index contributed by atoms with van der Waals surface area (Å²) in [5.41, 5.74) is 1.57. The fourth-order valence-electron chi connectivity index (χ4n) is 1.45. The number of aliphatic imine (C=N–C) groups is 1. The Bertz CT molecular complexity index is 588. The van der Waals surface area contributed by atoms with Crippen molar-refractivity contribution in [3.63, 3.8) is 0 Å². The van der Waals surface area contributed by atoms with E-state index >= 15 is 0 Å². The van der Waals surface area contributed by atoms with Crippen LogP contribution in [-0.2, 0) is 4.89 Å². The summed E-state index contributed by atoms with van der Waals surface area (Å²) in [6, 6.07) is 18.8. The van der Waals surface area contributed by atoms with Gasteiger partial charge < -0.3 is 10.2 Å². The number of nitrogens with zero attached hydrogens (tertiary/aromatic N) is 1. The summed E-state index contributed by atoms with van der Waals surface area (Å²) in [6.07, 6.45) is 0. The molecule has 0 unspecified atom stereocenters. The minimum Gasteiger partial charge on any atom is -0.334 e. The summed E-state index contributed by atoms with van der Waals surface area (Å²) < 4.78 is 0. The second-order valence-corrected chi connectivity index (χ2v) is 4.69. The molecule has 0 saturated heterocycles. The maximum Gasteiger partial charge on any atom is 0.291 e. The number of thioether (sulfide) groups is 1. The molecule has 5 nitrogen and oxygen atoms in total. The number of rotatable bonds is 2. The Kier molecular flexibility index (Phi) is 5.16. The molecule has 2 rings (SSSR count). The number of nitrogens with one attached hydrogen (secondary N) is 2. The van der Waals surface area contributed by atoms with Crippen molar-refractivity contribution in [1.82, 2.24) is 0 Å². The summed E-state index contributed by atoms with van der Waals surface area (Å²) in [5, 5.41) is 19.0. The molecule has 0 heterocycles. The molecule has 0 saturated carbocycles. The molecule has 0 radical (unpaired) electrons. The largest absolute Gasteiger partial charge is 0.334 e. The van der Waals surface area contributed by atoms with Gasteiger partial charge in [0.05, 0.1) is 5.69 Å². The van der Waals surface area contributed by atoms with Crippen molar-refractivity contribution in [1.29, 1.82) is 5.41 Å². The molecule has 102 valence electrons. The van der Waals surface area contributed by atoms with Crippen LogP contribution < -0.4 is 5.32 Å². The molecule has 0 aliphatic heterocycles. The average molecular weight is 287 g/mol. The van der Waals surface area contributed by atoms with Gasteiger partial charge in [-0.2, -0.15) is 0 Å². The van der Waals surface area contributed by atoms with Gasteiger partial charge in [0.2, 0.25) is 0 Å². The van der Waals surface area contributed by atoms with Gasteiger partial charge in [0.25, 0.3) is 5.23 Å². The molecule has 2 aromatic carbocycles. The van der Waals surface area contributed by atoms with Crippen LogP contribution in [0.25, 0.3) is 0 Å². The lowest BCUT2D eigenvalue weighted by Crippen LogP contribution is -2.11. The molecule has 20 heavy (non-hydrogen) atoms. The lowest BCUT2D eigenvalue weighted by atomic mass is 10.3. The van der Waals surface area contributed by atoms with E-state index in [1.807, 2.05) is 60.7 Å². The Labute approximate surface area is 120 Å². The summed E-state index contributed by atoms with van der Waals surface area (Å²) in [6.45, 7) is 0. The molecule has 3 N–H and O–H groups in total. The predicted molar refractivity (Wildman–Crippen MR) is 82.6 cm³/mol. The Morgan fingerprint density at radius 3 is 2.25 bits per heavy atom. The van der Waals surface area contributed by atoms with Gasteiger partial charge in [0, 0.05) is 17.4 Å². The zero-order valence-corrected chi connectivity index (χ0v) is 11.3. The highest BCUT2D eigenvalue weighted by Crippen LogP contribution is 2.18. The fraction of sp³-hybridized carbons (Fsp3) is 0. The number of para-hydroxylation sites is 2. The van der Waals surface area contributed by atoms with Crippen LogP contribution in [0.15, 0.2) is 65.7 Å². The van der Waals surface area contributed by atoms with Crippen LogP contribution in [0.2, 0.25) is 0 Å². The third-order valence-corrected chi connectivity index (χ3v) is 2.93. The molecule has 0 aliphatic carbocycles. The first-order valence-electron chi connectivity index (χ1n) is 5.81. The van der Waals surface area contributed by atoms with Gasteiger partial charge in [-0.3, -0.25) is 5.41 Å². The molecule has 0 fully saturated rings. The van der Waals surface area contributed by atoms with E-state index in [1.54, 1.807) is 0 Å². The Morgan fingerprint density at radius 2 is 1.65 bits per heavy atom. The highest BCUT2D eigenvalue weighted by Gasteiger charge is 2.07. The number of amidine groups is 1. The number of benzene rings is 2. The summed E-state index contributed by atoms with van der Waals surface area (Å²) in [7, 11) is 0. The normalized spacial score (nSPS) is 10.9. The number of anilines is 1. The summed E-state index contributed by atoms with van der Waals surface area (Å²) >= 11 is 0.884. The van der Waals surface area contributed by atoms with Crippen molar-refractivity contribution in [2.75, 3.05) is 5.32 Å². The zero-order chi connectivity index (χ0) is 14.2. The monoisotopic (exact) mass is 287 g/mol. The van der Waals surface area contributed by atoms with Crippen molar-refractivity contribution in [2.24, 2.45) is 4.99 Å². The third-order valence-electron chi connectivity index (χ3n) is 2.28. The van der Waals surface area contributed by atoms with Gasteiger partial charge in [-0.05, 0) is 24.3 Å². The van der Waals surface area contributed by atoms with E-state index in [0.717, 1.165) is 23.1 Å². The smallest absolute Gasteiger partial charge is 0.291 e. The quantitative estimate of drug-likeness (QED) is 0.338. The zero-order valence-electron chi connectivity index (χ0n) is 10.5. The maximum atomic E-state index is 8.49. The second kappa shape index (κ2) is 7.32. The lowest BCUT2D eigenvalue weighted by molar-refractivity contribution is -0.151. The van der Waals surface area contributed by atoms with Crippen molar-refractivity contribution in [3.05, 3.63) is 60.7 Å². The Hall–Kier alpha value is -2.31. The Balaban J connectivity index is 2.20. The van der Waals surface area contributed by atoms with E-state index in [0.29, 0.717) is 5.17 Å². The number of hydrogen-bond acceptors (Lipinski definition) is 5. The topological polar surface area (TPSA) is 77.7 Å². The van der Waals surface area contributed by atoms with E-state index in [2.05, 4.69) is 15.2 Å². The van der Waals surface area contributed by atoms with Gasteiger partial charge in [0.1, 0.15) is 0 Å². The van der Waals surface area contributed by atoms with Crippen molar-refractivity contribution < 1.29 is 10.1 Å². The van der Waals surface area contributed by atoms with Crippen LogP contribution in [-0.4, -0.2) is 15.7 Å². The Morgan fingerprint density at radius 1 is 1.05 bits per heavy atom. The maximum absolute atomic E-state index is 8.49. The fourth-order valence-corrected chi connectivity index (χ4v) is 1.98. The summed E-state index contributed by atoms with van der Waals surface area (Å²) in [5.74, 6) is 0. The molecular formula is C14H13N3O2S. The van der Waals surface area contributed by atoms with Crippen LogP contribution in [0.5, 0.6) is 0 Å². The average Bonchev–Trinajstić information content (AvgIpc) is 2.49. The van der Waals surface area contributed by atoms with Crippen molar-refractivity contribution in [2.45, 2.75) is 0 Å². The molecule has 0 atom stereocenters. The standard InChI is InChI=1S/C14H13N3O2S/c15-13(19-18)20-14(16-11-7-3-1-4-8-11)17-12-9-5-2-6-10-12/h1-10,15,18H,(H,16,17). The first-order chi connectivity index (χ1) is 9.78. The minimum atomic E-state index is -0.358. The minimum absolute atomic E-state index is 0.358. The highest BCUT2D eigenvalue weighted by atomic mass is 32.2. The van der Waals surface area contributed by atoms with E-state index < -0.39 is 0 Å². The van der Waals surface area contributed by atoms with Crippen LogP contribution in [0.1, 0.15) is 0 Å². The van der Waals surface area contributed by atoms with Gasteiger partial charge >= 0.3 is 0 Å².